The molecule has 0 aliphatic carbocycles. The molecule has 0 aromatic heterocycles. The van der Waals surface area contributed by atoms with Crippen LogP contribution in [0.1, 0.15) is 12.8 Å². The van der Waals surface area contributed by atoms with E-state index in [1.165, 1.54) is 0 Å². The summed E-state index contributed by atoms with van der Waals surface area (Å²) in [6.45, 7) is 1.23. The van der Waals surface area contributed by atoms with Gasteiger partial charge >= 0.3 is 0 Å². The third-order valence-electron chi connectivity index (χ3n) is 2.24. The van der Waals surface area contributed by atoms with Crippen LogP contribution in [-0.4, -0.2) is 31.6 Å². The summed E-state index contributed by atoms with van der Waals surface area (Å²) in [4.78, 5) is 11.5. The average molecular weight is 316 g/mol. The molecule has 1 aromatic carbocycles. The number of rotatable bonds is 8. The van der Waals surface area contributed by atoms with Crippen LogP contribution in [0.5, 0.6) is 5.75 Å². The number of hydrogen-bond donors (Lipinski definition) is 1. The highest BCUT2D eigenvalue weighted by Crippen LogP contribution is 2.16. The molecule has 100 valence electrons. The van der Waals surface area contributed by atoms with Gasteiger partial charge in [-0.25, -0.2) is 0 Å². The molecule has 0 radical (unpaired) electrons. The highest BCUT2D eigenvalue weighted by molar-refractivity contribution is 9.09. The number of carbonyl (C=O) groups is 1. The molecule has 0 fully saturated rings. The van der Waals surface area contributed by atoms with E-state index in [1.54, 1.807) is 7.11 Å². The monoisotopic (exact) mass is 315 g/mol. The van der Waals surface area contributed by atoms with Gasteiger partial charge in [-0.1, -0.05) is 15.9 Å². The van der Waals surface area contributed by atoms with Gasteiger partial charge in [0, 0.05) is 31.2 Å². The molecule has 1 amide bonds. The first-order valence-corrected chi connectivity index (χ1v) is 6.96. The van der Waals surface area contributed by atoms with Crippen molar-refractivity contribution in [2.75, 3.05) is 31.0 Å². The minimum atomic E-state index is 0.00109. The topological polar surface area (TPSA) is 47.6 Å². The summed E-state index contributed by atoms with van der Waals surface area (Å²) in [5.74, 6) is 0.799. The molecule has 0 atom stereocenters. The molecule has 0 aliphatic rings. The fraction of sp³-hybridized carbons (Fsp3) is 0.462. The molecule has 18 heavy (non-hydrogen) atoms. The van der Waals surface area contributed by atoms with Crippen molar-refractivity contribution in [1.29, 1.82) is 0 Å². The van der Waals surface area contributed by atoms with Gasteiger partial charge in [-0.15, -0.1) is 0 Å². The fourth-order valence-corrected chi connectivity index (χ4v) is 1.55. The van der Waals surface area contributed by atoms with Gasteiger partial charge in [0.25, 0.3) is 0 Å². The fourth-order valence-electron chi connectivity index (χ4n) is 1.39. The van der Waals surface area contributed by atoms with Crippen molar-refractivity contribution in [2.24, 2.45) is 0 Å². The standard InChI is InChI=1S/C13H18BrNO3/c1-17-9-2-3-13(16)15-11-4-6-12(7-5-11)18-10-8-14/h4-7H,2-3,8-10H2,1H3,(H,15,16). The van der Waals surface area contributed by atoms with Crippen LogP contribution >= 0.6 is 15.9 Å². The van der Waals surface area contributed by atoms with E-state index in [9.17, 15) is 4.79 Å². The first-order valence-electron chi connectivity index (χ1n) is 5.84. The number of nitrogens with one attached hydrogen (secondary N) is 1. The molecular weight excluding hydrogens is 298 g/mol. The van der Waals surface area contributed by atoms with Crippen molar-refractivity contribution in [3.05, 3.63) is 24.3 Å². The summed E-state index contributed by atoms with van der Waals surface area (Å²) in [6, 6.07) is 7.34. The molecule has 0 spiro atoms. The average Bonchev–Trinajstić information content (AvgIpc) is 2.38. The van der Waals surface area contributed by atoms with Crippen molar-refractivity contribution in [1.82, 2.24) is 0 Å². The summed E-state index contributed by atoms with van der Waals surface area (Å²) in [6.07, 6.45) is 1.20. The summed E-state index contributed by atoms with van der Waals surface area (Å²) in [5.41, 5.74) is 0.781. The number of carbonyl (C=O) groups excluding carboxylic acids is 1. The predicted molar refractivity (Wildman–Crippen MR) is 75.5 cm³/mol. The van der Waals surface area contributed by atoms with Gasteiger partial charge in [-0.05, 0) is 30.7 Å². The Morgan fingerprint density at radius 1 is 1.28 bits per heavy atom. The summed E-state index contributed by atoms with van der Waals surface area (Å²) < 4.78 is 10.3. The molecule has 0 bridgehead atoms. The van der Waals surface area contributed by atoms with Crippen molar-refractivity contribution < 1.29 is 14.3 Å². The van der Waals surface area contributed by atoms with E-state index in [1.807, 2.05) is 24.3 Å². The maximum Gasteiger partial charge on any atom is 0.224 e. The maximum atomic E-state index is 11.5. The molecule has 4 nitrogen and oxygen atoms in total. The third-order valence-corrected chi connectivity index (χ3v) is 2.56. The van der Waals surface area contributed by atoms with E-state index >= 15 is 0 Å². The lowest BCUT2D eigenvalue weighted by molar-refractivity contribution is -0.116. The summed E-state index contributed by atoms with van der Waals surface area (Å²) in [7, 11) is 1.63. The first kappa shape index (κ1) is 15.0. The Labute approximate surface area is 116 Å². The zero-order valence-corrected chi connectivity index (χ0v) is 12.0. The van der Waals surface area contributed by atoms with Crippen molar-refractivity contribution in [3.8, 4) is 5.75 Å². The smallest absolute Gasteiger partial charge is 0.224 e. The number of hydrogen-bond acceptors (Lipinski definition) is 3. The van der Waals surface area contributed by atoms with E-state index < -0.39 is 0 Å². The second-order valence-electron chi connectivity index (χ2n) is 3.71. The Kier molecular flexibility index (Phi) is 7.44. The van der Waals surface area contributed by atoms with Crippen LogP contribution in [0.3, 0.4) is 0 Å². The highest BCUT2D eigenvalue weighted by atomic mass is 79.9. The Bertz CT molecular complexity index is 354. The molecule has 0 unspecified atom stereocenters. The first-order chi connectivity index (χ1) is 8.76. The lowest BCUT2D eigenvalue weighted by Crippen LogP contribution is -2.11. The zero-order valence-electron chi connectivity index (χ0n) is 10.4. The van der Waals surface area contributed by atoms with E-state index in [4.69, 9.17) is 9.47 Å². The third kappa shape index (κ3) is 6.02. The van der Waals surface area contributed by atoms with Crippen LogP contribution < -0.4 is 10.1 Å². The van der Waals surface area contributed by atoms with Gasteiger partial charge in [-0.3, -0.25) is 4.79 Å². The van der Waals surface area contributed by atoms with E-state index in [0.29, 0.717) is 19.6 Å². The summed E-state index contributed by atoms with van der Waals surface area (Å²) in [5, 5.41) is 3.62. The summed E-state index contributed by atoms with van der Waals surface area (Å²) >= 11 is 3.29. The Morgan fingerprint density at radius 2 is 2.00 bits per heavy atom. The maximum absolute atomic E-state index is 11.5. The Hall–Kier alpha value is -1.07. The number of methoxy groups -OCH3 is 1. The molecule has 0 heterocycles. The predicted octanol–water partition coefficient (Wildman–Crippen LogP) is 2.83. The highest BCUT2D eigenvalue weighted by Gasteiger charge is 2.02. The van der Waals surface area contributed by atoms with Crippen LogP contribution in [0, 0.1) is 0 Å². The molecular formula is C13H18BrNO3. The number of ether oxygens (including phenoxy) is 2. The van der Waals surface area contributed by atoms with Gasteiger partial charge in [0.15, 0.2) is 0 Å². The van der Waals surface area contributed by atoms with Gasteiger partial charge < -0.3 is 14.8 Å². The van der Waals surface area contributed by atoms with Gasteiger partial charge in [0.2, 0.25) is 5.91 Å². The number of benzene rings is 1. The van der Waals surface area contributed by atoms with E-state index in [-0.39, 0.29) is 5.91 Å². The van der Waals surface area contributed by atoms with Crippen LogP contribution in [0.2, 0.25) is 0 Å². The lowest BCUT2D eigenvalue weighted by atomic mass is 10.2. The van der Waals surface area contributed by atoms with Crippen LogP contribution in [0.15, 0.2) is 24.3 Å². The SMILES string of the molecule is COCCCC(=O)Nc1ccc(OCCBr)cc1. The quantitative estimate of drug-likeness (QED) is 0.592. The van der Waals surface area contributed by atoms with E-state index in [2.05, 4.69) is 21.2 Å². The molecule has 5 heteroatoms. The second kappa shape index (κ2) is 8.94. The van der Waals surface area contributed by atoms with Gasteiger partial charge in [-0.2, -0.15) is 0 Å². The molecule has 0 saturated heterocycles. The van der Waals surface area contributed by atoms with Crippen LogP contribution in [-0.2, 0) is 9.53 Å². The lowest BCUT2D eigenvalue weighted by Gasteiger charge is -2.07. The van der Waals surface area contributed by atoms with Crippen molar-refractivity contribution in [3.63, 3.8) is 0 Å². The number of anilines is 1. The number of alkyl halides is 1. The number of amides is 1. The number of halogens is 1. The van der Waals surface area contributed by atoms with E-state index in [0.717, 1.165) is 23.2 Å². The Balaban J connectivity index is 2.35. The minimum absolute atomic E-state index is 0.00109. The molecule has 1 rings (SSSR count). The zero-order chi connectivity index (χ0) is 13.2. The van der Waals surface area contributed by atoms with Gasteiger partial charge in [0.05, 0.1) is 6.61 Å². The molecule has 1 N–H and O–H groups in total. The van der Waals surface area contributed by atoms with Crippen LogP contribution in [0.4, 0.5) is 5.69 Å². The molecule has 0 saturated carbocycles. The minimum Gasteiger partial charge on any atom is -0.493 e. The van der Waals surface area contributed by atoms with Crippen molar-refractivity contribution >= 4 is 27.5 Å². The second-order valence-corrected chi connectivity index (χ2v) is 4.50. The van der Waals surface area contributed by atoms with Crippen LogP contribution in [0.25, 0.3) is 0 Å². The normalized spacial score (nSPS) is 10.1. The Morgan fingerprint density at radius 3 is 2.61 bits per heavy atom. The largest absolute Gasteiger partial charge is 0.493 e. The van der Waals surface area contributed by atoms with Gasteiger partial charge in [0.1, 0.15) is 5.75 Å². The molecule has 1 aromatic rings. The van der Waals surface area contributed by atoms with Crippen molar-refractivity contribution in [2.45, 2.75) is 12.8 Å². The molecule has 0 aliphatic heterocycles.